The molecule has 27 heavy (non-hydrogen) atoms. The number of hydrogen-bond acceptors (Lipinski definition) is 4. The lowest BCUT2D eigenvalue weighted by Crippen LogP contribution is -2.45. The predicted molar refractivity (Wildman–Crippen MR) is 106 cm³/mol. The number of hydrogen-bond donors (Lipinski definition) is 1. The van der Waals surface area contributed by atoms with Gasteiger partial charge in [-0.2, -0.15) is 0 Å². The highest BCUT2D eigenvalue weighted by Crippen LogP contribution is 2.21. The minimum absolute atomic E-state index is 0.123. The molecule has 142 valence electrons. The van der Waals surface area contributed by atoms with Crippen LogP contribution in [0.5, 0.6) is 0 Å². The Bertz CT molecular complexity index is 847. The Morgan fingerprint density at radius 1 is 1.07 bits per heavy atom. The molecule has 2 aromatic rings. The zero-order valence-electron chi connectivity index (χ0n) is 16.1. The van der Waals surface area contributed by atoms with E-state index in [2.05, 4.69) is 37.4 Å². The molecule has 3 rings (SSSR count). The van der Waals surface area contributed by atoms with Crippen molar-refractivity contribution < 1.29 is 14.3 Å². The zero-order chi connectivity index (χ0) is 19.4. The third-order valence-electron chi connectivity index (χ3n) is 5.15. The summed E-state index contributed by atoms with van der Waals surface area (Å²) in [6, 6.07) is 13.4. The highest BCUT2D eigenvalue weighted by atomic mass is 16.5. The van der Waals surface area contributed by atoms with Crippen LogP contribution in [0.25, 0.3) is 0 Å². The molecule has 0 radical (unpaired) electrons. The first-order valence-corrected chi connectivity index (χ1v) is 9.30. The van der Waals surface area contributed by atoms with Crippen LogP contribution in [0.2, 0.25) is 0 Å². The number of anilines is 1. The first-order valence-electron chi connectivity index (χ1n) is 9.30. The quantitative estimate of drug-likeness (QED) is 0.836. The molecule has 1 amide bonds. The number of amides is 1. The normalized spacial score (nSPS) is 16.7. The molecule has 1 aliphatic heterocycles. The third kappa shape index (κ3) is 4.30. The smallest absolute Gasteiger partial charge is 0.338 e. The number of nitrogens with zero attached hydrogens (tertiary/aromatic N) is 1. The van der Waals surface area contributed by atoms with Crippen molar-refractivity contribution in [3.63, 3.8) is 0 Å². The number of rotatable bonds is 4. The summed E-state index contributed by atoms with van der Waals surface area (Å²) in [5.41, 5.74) is 4.30. The molecule has 0 saturated carbocycles. The lowest BCUT2D eigenvalue weighted by Gasteiger charge is -2.34. The molecular weight excluding hydrogens is 340 g/mol. The Hall–Kier alpha value is -2.82. The van der Waals surface area contributed by atoms with Crippen LogP contribution in [0.4, 0.5) is 5.69 Å². The van der Waals surface area contributed by atoms with Crippen molar-refractivity contribution in [2.75, 3.05) is 25.5 Å². The van der Waals surface area contributed by atoms with E-state index in [1.54, 1.807) is 24.3 Å². The van der Waals surface area contributed by atoms with Gasteiger partial charge in [0.2, 0.25) is 0 Å². The van der Waals surface area contributed by atoms with Crippen molar-refractivity contribution in [2.45, 2.75) is 32.7 Å². The summed E-state index contributed by atoms with van der Waals surface area (Å²) in [6.07, 6.45) is 1.93. The number of piperidine rings is 1. The van der Waals surface area contributed by atoms with E-state index in [0.717, 1.165) is 18.5 Å². The van der Waals surface area contributed by atoms with E-state index >= 15 is 0 Å². The standard InChI is InChI=1S/C22H26N2O3/c1-15-10-11-17(13-16(15)2)23-18-7-6-12-24(14-18)21(25)19-8-4-5-9-20(19)22(26)27-3/h4-5,8-11,13,18,23H,6-7,12,14H2,1-3H3/t18-/m1/s1. The van der Waals surface area contributed by atoms with Gasteiger partial charge in [0.1, 0.15) is 0 Å². The number of methoxy groups -OCH3 is 1. The topological polar surface area (TPSA) is 58.6 Å². The monoisotopic (exact) mass is 366 g/mol. The summed E-state index contributed by atoms with van der Waals surface area (Å²) in [7, 11) is 1.33. The van der Waals surface area contributed by atoms with Gasteiger partial charge >= 0.3 is 5.97 Å². The van der Waals surface area contributed by atoms with Gasteiger partial charge in [-0.05, 0) is 62.1 Å². The minimum atomic E-state index is -0.485. The lowest BCUT2D eigenvalue weighted by molar-refractivity contribution is 0.0587. The Morgan fingerprint density at radius 3 is 2.52 bits per heavy atom. The summed E-state index contributed by atoms with van der Waals surface area (Å²) < 4.78 is 4.81. The maximum Gasteiger partial charge on any atom is 0.338 e. The second-order valence-electron chi connectivity index (χ2n) is 7.07. The molecule has 5 heteroatoms. The van der Waals surface area contributed by atoms with Gasteiger partial charge in [-0.15, -0.1) is 0 Å². The Labute approximate surface area is 160 Å². The minimum Gasteiger partial charge on any atom is -0.465 e. The fraction of sp³-hybridized carbons (Fsp3) is 0.364. The number of carbonyl (C=O) groups is 2. The van der Waals surface area contributed by atoms with Gasteiger partial charge in [-0.25, -0.2) is 4.79 Å². The number of benzene rings is 2. The van der Waals surface area contributed by atoms with E-state index in [4.69, 9.17) is 4.74 Å². The van der Waals surface area contributed by atoms with Crippen LogP contribution in [0.3, 0.4) is 0 Å². The van der Waals surface area contributed by atoms with E-state index in [0.29, 0.717) is 24.2 Å². The number of aryl methyl sites for hydroxylation is 2. The van der Waals surface area contributed by atoms with Crippen LogP contribution >= 0.6 is 0 Å². The number of likely N-dealkylation sites (tertiary alicyclic amines) is 1. The van der Waals surface area contributed by atoms with Crippen molar-refractivity contribution >= 4 is 17.6 Å². The molecule has 0 aromatic heterocycles. The average Bonchev–Trinajstić information content (AvgIpc) is 2.70. The van der Waals surface area contributed by atoms with Crippen LogP contribution in [-0.4, -0.2) is 43.0 Å². The van der Waals surface area contributed by atoms with Crippen molar-refractivity contribution in [2.24, 2.45) is 0 Å². The van der Waals surface area contributed by atoms with Crippen LogP contribution in [0.15, 0.2) is 42.5 Å². The molecule has 0 bridgehead atoms. The summed E-state index contributed by atoms with van der Waals surface area (Å²) >= 11 is 0. The van der Waals surface area contributed by atoms with Gasteiger partial charge in [-0.3, -0.25) is 4.79 Å². The molecule has 1 N–H and O–H groups in total. The molecule has 5 nitrogen and oxygen atoms in total. The van der Waals surface area contributed by atoms with E-state index in [1.807, 2.05) is 4.90 Å². The summed E-state index contributed by atoms with van der Waals surface area (Å²) in [5, 5.41) is 3.55. The molecule has 1 atom stereocenters. The molecule has 1 fully saturated rings. The largest absolute Gasteiger partial charge is 0.465 e. The fourth-order valence-corrected chi connectivity index (χ4v) is 3.47. The van der Waals surface area contributed by atoms with E-state index in [-0.39, 0.29) is 11.9 Å². The average molecular weight is 366 g/mol. The first-order chi connectivity index (χ1) is 13.0. The maximum absolute atomic E-state index is 13.0. The maximum atomic E-state index is 13.0. The lowest BCUT2D eigenvalue weighted by atomic mass is 10.0. The van der Waals surface area contributed by atoms with Crippen LogP contribution in [0.1, 0.15) is 44.7 Å². The first kappa shape index (κ1) is 19.0. The summed E-state index contributed by atoms with van der Waals surface area (Å²) in [6.45, 7) is 5.50. The second-order valence-corrected chi connectivity index (χ2v) is 7.07. The predicted octanol–water partition coefficient (Wildman–Crippen LogP) is 3.81. The van der Waals surface area contributed by atoms with Crippen LogP contribution < -0.4 is 5.32 Å². The van der Waals surface area contributed by atoms with Gasteiger partial charge in [0.25, 0.3) is 5.91 Å². The highest BCUT2D eigenvalue weighted by molar-refractivity contribution is 6.05. The molecule has 0 unspecified atom stereocenters. The van der Waals surface area contributed by atoms with Gasteiger partial charge in [0, 0.05) is 24.8 Å². The number of ether oxygens (including phenoxy) is 1. The van der Waals surface area contributed by atoms with Crippen molar-refractivity contribution in [3.8, 4) is 0 Å². The number of esters is 1. The SMILES string of the molecule is COC(=O)c1ccccc1C(=O)N1CCC[C@@H](Nc2ccc(C)c(C)c2)C1. The number of nitrogens with one attached hydrogen (secondary N) is 1. The fourth-order valence-electron chi connectivity index (χ4n) is 3.47. The van der Waals surface area contributed by atoms with Crippen LogP contribution in [-0.2, 0) is 4.74 Å². The van der Waals surface area contributed by atoms with Gasteiger partial charge in [0.05, 0.1) is 18.2 Å². The van der Waals surface area contributed by atoms with E-state index < -0.39 is 5.97 Å². The van der Waals surface area contributed by atoms with E-state index in [1.165, 1.54) is 18.2 Å². The van der Waals surface area contributed by atoms with Gasteiger partial charge in [-0.1, -0.05) is 18.2 Å². The Morgan fingerprint density at radius 2 is 1.81 bits per heavy atom. The molecule has 1 saturated heterocycles. The molecule has 1 aliphatic rings. The van der Waals surface area contributed by atoms with E-state index in [9.17, 15) is 9.59 Å². The Balaban J connectivity index is 1.73. The summed E-state index contributed by atoms with van der Waals surface area (Å²) in [4.78, 5) is 26.8. The van der Waals surface area contributed by atoms with Gasteiger partial charge in [0.15, 0.2) is 0 Å². The molecule has 1 heterocycles. The third-order valence-corrected chi connectivity index (χ3v) is 5.15. The highest BCUT2D eigenvalue weighted by Gasteiger charge is 2.27. The van der Waals surface area contributed by atoms with Crippen molar-refractivity contribution in [1.82, 2.24) is 4.90 Å². The zero-order valence-corrected chi connectivity index (χ0v) is 16.1. The molecular formula is C22H26N2O3. The van der Waals surface area contributed by atoms with Crippen LogP contribution in [0, 0.1) is 13.8 Å². The van der Waals surface area contributed by atoms with Crippen molar-refractivity contribution in [3.05, 3.63) is 64.7 Å². The van der Waals surface area contributed by atoms with Crippen molar-refractivity contribution in [1.29, 1.82) is 0 Å². The Kier molecular flexibility index (Phi) is 5.79. The molecule has 0 spiro atoms. The molecule has 2 aromatic carbocycles. The molecule has 0 aliphatic carbocycles. The number of carbonyl (C=O) groups excluding carboxylic acids is 2. The second kappa shape index (κ2) is 8.25. The van der Waals surface area contributed by atoms with Gasteiger partial charge < -0.3 is 15.0 Å². The summed E-state index contributed by atoms with van der Waals surface area (Å²) in [5.74, 6) is -0.608.